The molecule has 0 atom stereocenters. The van der Waals surface area contributed by atoms with E-state index in [4.69, 9.17) is 11.6 Å². The van der Waals surface area contributed by atoms with Gasteiger partial charge in [-0.2, -0.15) is 0 Å². The SMILES string of the molecule is CC(C)(C)C#C/C=C(\Cl)S(=O)(=O)c1ccccc1. The third-order valence-electron chi connectivity index (χ3n) is 1.94. The summed E-state index contributed by atoms with van der Waals surface area (Å²) in [5.41, 5.74) is -0.190. The number of halogens is 1. The maximum atomic E-state index is 12.0. The Labute approximate surface area is 114 Å². The highest BCUT2D eigenvalue weighted by Crippen LogP contribution is 2.21. The number of hydrogen-bond acceptors (Lipinski definition) is 2. The fourth-order valence-electron chi connectivity index (χ4n) is 1.10. The van der Waals surface area contributed by atoms with E-state index in [0.29, 0.717) is 0 Å². The summed E-state index contributed by atoms with van der Waals surface area (Å²) in [7, 11) is -3.63. The molecule has 4 heteroatoms. The smallest absolute Gasteiger partial charge is 0.217 e. The molecule has 96 valence electrons. The quantitative estimate of drug-likeness (QED) is 0.777. The molecule has 1 aromatic rings. The van der Waals surface area contributed by atoms with Gasteiger partial charge in [-0.3, -0.25) is 0 Å². The molecule has 0 amide bonds. The molecule has 0 aromatic heterocycles. The first-order chi connectivity index (χ1) is 8.23. The van der Waals surface area contributed by atoms with E-state index in [1.807, 2.05) is 20.8 Å². The molecule has 0 saturated carbocycles. The molecule has 1 rings (SSSR count). The van der Waals surface area contributed by atoms with Gasteiger partial charge in [0.15, 0.2) is 0 Å². The van der Waals surface area contributed by atoms with Gasteiger partial charge in [0, 0.05) is 11.5 Å². The lowest BCUT2D eigenvalue weighted by Gasteiger charge is -2.06. The van der Waals surface area contributed by atoms with E-state index in [1.165, 1.54) is 18.2 Å². The average molecular weight is 283 g/mol. The highest BCUT2D eigenvalue weighted by Gasteiger charge is 2.17. The molecular formula is C14H15ClO2S. The Kier molecular flexibility index (Phi) is 4.61. The van der Waals surface area contributed by atoms with Gasteiger partial charge < -0.3 is 0 Å². The summed E-state index contributed by atoms with van der Waals surface area (Å²) >= 11 is 5.81. The van der Waals surface area contributed by atoms with Gasteiger partial charge in [-0.05, 0) is 32.9 Å². The molecule has 0 radical (unpaired) electrons. The minimum absolute atomic E-state index is 0.170. The number of rotatable bonds is 2. The first-order valence-electron chi connectivity index (χ1n) is 5.42. The number of sulfone groups is 1. The van der Waals surface area contributed by atoms with Crippen LogP contribution in [0.4, 0.5) is 0 Å². The van der Waals surface area contributed by atoms with E-state index >= 15 is 0 Å². The molecule has 0 fully saturated rings. The highest BCUT2D eigenvalue weighted by molar-refractivity contribution is 7.96. The summed E-state index contributed by atoms with van der Waals surface area (Å²) in [6.07, 6.45) is 1.23. The second-order valence-corrected chi connectivity index (χ2v) is 7.33. The molecule has 18 heavy (non-hydrogen) atoms. The van der Waals surface area contributed by atoms with Crippen molar-refractivity contribution in [3.8, 4) is 11.8 Å². The van der Waals surface area contributed by atoms with Gasteiger partial charge in [-0.25, -0.2) is 8.42 Å². The topological polar surface area (TPSA) is 34.1 Å². The summed E-state index contributed by atoms with van der Waals surface area (Å²) in [6.45, 7) is 5.81. The first-order valence-corrected chi connectivity index (χ1v) is 7.28. The minimum Gasteiger partial charge on any atom is -0.218 e. The van der Waals surface area contributed by atoms with Crippen molar-refractivity contribution in [2.75, 3.05) is 0 Å². The Morgan fingerprint density at radius 3 is 2.28 bits per heavy atom. The molecule has 0 N–H and O–H groups in total. The van der Waals surface area contributed by atoms with Crippen molar-refractivity contribution >= 4 is 21.4 Å². The van der Waals surface area contributed by atoms with Crippen molar-refractivity contribution in [2.45, 2.75) is 25.7 Å². The Hall–Kier alpha value is -1.24. The molecule has 0 aliphatic heterocycles. The lowest BCUT2D eigenvalue weighted by atomic mass is 9.98. The van der Waals surface area contributed by atoms with Gasteiger partial charge in [0.25, 0.3) is 0 Å². The standard InChI is InChI=1S/C14H15ClO2S/c1-14(2,3)11-7-10-13(15)18(16,17)12-8-5-4-6-9-12/h4-6,8-10H,1-3H3/b13-10+. The van der Waals surface area contributed by atoms with Crippen LogP contribution in [0.2, 0.25) is 0 Å². The number of hydrogen-bond donors (Lipinski definition) is 0. The summed E-state index contributed by atoms with van der Waals surface area (Å²) in [5.74, 6) is 5.58. The monoisotopic (exact) mass is 282 g/mol. The zero-order chi connectivity index (χ0) is 13.8. The molecule has 0 spiro atoms. The fourth-order valence-corrected chi connectivity index (χ4v) is 2.38. The van der Waals surface area contributed by atoms with Gasteiger partial charge in [0.1, 0.15) is 4.36 Å². The van der Waals surface area contributed by atoms with Crippen LogP contribution in [0.1, 0.15) is 20.8 Å². The Morgan fingerprint density at radius 2 is 1.78 bits per heavy atom. The lowest BCUT2D eigenvalue weighted by molar-refractivity contribution is 0.571. The van der Waals surface area contributed by atoms with Crippen LogP contribution in [0.15, 0.2) is 45.7 Å². The molecule has 2 nitrogen and oxygen atoms in total. The van der Waals surface area contributed by atoms with Crippen molar-refractivity contribution < 1.29 is 8.42 Å². The molecule has 0 aliphatic rings. The van der Waals surface area contributed by atoms with Crippen LogP contribution in [0.5, 0.6) is 0 Å². The zero-order valence-electron chi connectivity index (χ0n) is 10.6. The van der Waals surface area contributed by atoms with Crippen LogP contribution in [-0.2, 0) is 9.84 Å². The molecular weight excluding hydrogens is 268 g/mol. The predicted octanol–water partition coefficient (Wildman–Crippen LogP) is 3.59. The molecule has 0 aliphatic carbocycles. The molecule has 0 heterocycles. The molecule has 1 aromatic carbocycles. The van der Waals surface area contributed by atoms with Crippen LogP contribution in [0.25, 0.3) is 0 Å². The van der Waals surface area contributed by atoms with Crippen LogP contribution in [-0.4, -0.2) is 8.42 Å². The van der Waals surface area contributed by atoms with E-state index in [-0.39, 0.29) is 14.7 Å². The van der Waals surface area contributed by atoms with Crippen LogP contribution in [0, 0.1) is 17.3 Å². The van der Waals surface area contributed by atoms with Gasteiger partial charge in [0.05, 0.1) is 4.90 Å². The average Bonchev–Trinajstić information content (AvgIpc) is 2.28. The van der Waals surface area contributed by atoms with E-state index in [9.17, 15) is 8.42 Å². The van der Waals surface area contributed by atoms with E-state index < -0.39 is 9.84 Å². The number of allylic oxidation sites excluding steroid dienone is 1. The highest BCUT2D eigenvalue weighted by atomic mass is 35.5. The minimum atomic E-state index is -3.63. The number of benzene rings is 1. The summed E-state index contributed by atoms with van der Waals surface area (Å²) in [5, 5.41) is 0. The normalized spacial score (nSPS) is 12.8. The lowest BCUT2D eigenvalue weighted by Crippen LogP contribution is -2.01. The Balaban J connectivity index is 3.07. The van der Waals surface area contributed by atoms with Crippen molar-refractivity contribution in [3.63, 3.8) is 0 Å². The summed E-state index contributed by atoms with van der Waals surface area (Å²) in [6, 6.07) is 8.05. The Morgan fingerprint density at radius 1 is 1.22 bits per heavy atom. The maximum Gasteiger partial charge on any atom is 0.217 e. The van der Waals surface area contributed by atoms with Gasteiger partial charge in [-0.15, -0.1) is 0 Å². The summed E-state index contributed by atoms with van der Waals surface area (Å²) < 4.78 is 23.8. The van der Waals surface area contributed by atoms with E-state index in [2.05, 4.69) is 11.8 Å². The van der Waals surface area contributed by atoms with Crippen molar-refractivity contribution in [1.82, 2.24) is 0 Å². The third kappa shape index (κ3) is 4.21. The summed E-state index contributed by atoms with van der Waals surface area (Å²) in [4.78, 5) is 0.170. The van der Waals surface area contributed by atoms with Crippen molar-refractivity contribution in [2.24, 2.45) is 5.41 Å². The zero-order valence-corrected chi connectivity index (χ0v) is 12.1. The van der Waals surface area contributed by atoms with E-state index in [0.717, 1.165) is 0 Å². The third-order valence-corrected chi connectivity index (χ3v) is 4.19. The second-order valence-electron chi connectivity index (χ2n) is 4.78. The van der Waals surface area contributed by atoms with Crippen LogP contribution < -0.4 is 0 Å². The molecule has 0 unspecified atom stereocenters. The van der Waals surface area contributed by atoms with E-state index in [1.54, 1.807) is 18.2 Å². The predicted molar refractivity (Wildman–Crippen MR) is 74.8 cm³/mol. The Bertz CT molecular complexity index is 597. The second kappa shape index (κ2) is 5.60. The van der Waals surface area contributed by atoms with Crippen molar-refractivity contribution in [3.05, 3.63) is 40.8 Å². The van der Waals surface area contributed by atoms with Crippen LogP contribution >= 0.6 is 11.6 Å². The fraction of sp³-hybridized carbons (Fsp3) is 0.286. The van der Waals surface area contributed by atoms with Gasteiger partial charge in [-0.1, -0.05) is 41.6 Å². The molecule has 0 saturated heterocycles. The first kappa shape index (κ1) is 14.8. The van der Waals surface area contributed by atoms with Gasteiger partial charge in [0.2, 0.25) is 9.84 Å². The van der Waals surface area contributed by atoms with Crippen molar-refractivity contribution in [1.29, 1.82) is 0 Å². The van der Waals surface area contributed by atoms with Crippen LogP contribution in [0.3, 0.4) is 0 Å². The largest absolute Gasteiger partial charge is 0.218 e. The van der Waals surface area contributed by atoms with Gasteiger partial charge >= 0.3 is 0 Å². The molecule has 0 bridgehead atoms. The maximum absolute atomic E-state index is 12.0.